The van der Waals surface area contributed by atoms with E-state index in [1.54, 1.807) is 6.07 Å². The van der Waals surface area contributed by atoms with E-state index in [1.165, 1.54) is 11.1 Å². The molecule has 5 heteroatoms. The molecule has 1 aliphatic rings. The number of carboxylic acids is 1. The molecule has 0 radical (unpaired) electrons. The van der Waals surface area contributed by atoms with Gasteiger partial charge in [0.2, 0.25) is 0 Å². The first kappa shape index (κ1) is 11.6. The molecule has 0 bridgehead atoms. The van der Waals surface area contributed by atoms with Crippen molar-refractivity contribution in [2.45, 2.75) is 19.3 Å². The highest BCUT2D eigenvalue weighted by atomic mass is 16.7. The first-order valence-electron chi connectivity index (χ1n) is 5.42. The lowest BCUT2D eigenvalue weighted by molar-refractivity contribution is -0.144. The molecule has 1 amide bonds. The quantitative estimate of drug-likeness (QED) is 0.761. The van der Waals surface area contributed by atoms with Crippen molar-refractivity contribution in [3.63, 3.8) is 0 Å². The van der Waals surface area contributed by atoms with Crippen molar-refractivity contribution in [2.24, 2.45) is 0 Å². The lowest BCUT2D eigenvalue weighted by Crippen LogP contribution is -2.26. The number of hydrogen-bond acceptors (Lipinski definition) is 3. The maximum absolute atomic E-state index is 11.6. The third kappa shape index (κ3) is 2.82. The van der Waals surface area contributed by atoms with E-state index in [9.17, 15) is 9.59 Å². The number of nitrogens with one attached hydrogen (secondary N) is 1. The number of aryl methyl sites for hydroxylation is 2. The fraction of sp³-hybridized carbons (Fsp3) is 0.333. The first-order valence-corrected chi connectivity index (χ1v) is 5.42. The monoisotopic (exact) mass is 235 g/mol. The molecule has 0 unspecified atom stereocenters. The Morgan fingerprint density at radius 1 is 1.29 bits per heavy atom. The zero-order chi connectivity index (χ0) is 12.3. The van der Waals surface area contributed by atoms with Gasteiger partial charge in [0.15, 0.2) is 6.61 Å². The molecule has 0 aromatic heterocycles. The number of hydroxylamine groups is 1. The number of rotatable bonds is 4. The summed E-state index contributed by atoms with van der Waals surface area (Å²) in [6.45, 7) is -0.545. The number of carbonyl (C=O) groups excluding carboxylic acids is 1. The van der Waals surface area contributed by atoms with Gasteiger partial charge in [-0.05, 0) is 42.5 Å². The summed E-state index contributed by atoms with van der Waals surface area (Å²) in [5.41, 5.74) is 5.07. The Kier molecular flexibility index (Phi) is 3.39. The number of hydrogen-bond donors (Lipinski definition) is 2. The molecule has 1 aromatic carbocycles. The van der Waals surface area contributed by atoms with Crippen LogP contribution < -0.4 is 5.48 Å². The molecule has 0 saturated carbocycles. The van der Waals surface area contributed by atoms with Crippen molar-refractivity contribution in [1.82, 2.24) is 5.48 Å². The molecule has 2 N–H and O–H groups in total. The van der Waals surface area contributed by atoms with Crippen molar-refractivity contribution in [3.05, 3.63) is 34.9 Å². The van der Waals surface area contributed by atoms with Crippen LogP contribution in [0.25, 0.3) is 0 Å². The van der Waals surface area contributed by atoms with Crippen LogP contribution in [-0.4, -0.2) is 23.6 Å². The molecule has 0 atom stereocenters. The van der Waals surface area contributed by atoms with E-state index in [0.29, 0.717) is 5.56 Å². The summed E-state index contributed by atoms with van der Waals surface area (Å²) in [5, 5.41) is 8.35. The minimum atomic E-state index is -1.13. The van der Waals surface area contributed by atoms with Crippen LogP contribution in [0.4, 0.5) is 0 Å². The number of benzene rings is 1. The van der Waals surface area contributed by atoms with Gasteiger partial charge >= 0.3 is 5.97 Å². The summed E-state index contributed by atoms with van der Waals surface area (Å²) < 4.78 is 0. The molecule has 2 rings (SSSR count). The van der Waals surface area contributed by atoms with Gasteiger partial charge in [-0.15, -0.1) is 0 Å². The predicted octanol–water partition coefficient (Wildman–Crippen LogP) is 0.921. The van der Waals surface area contributed by atoms with Crippen molar-refractivity contribution in [3.8, 4) is 0 Å². The summed E-state index contributed by atoms with van der Waals surface area (Å²) in [6.07, 6.45) is 3.18. The Morgan fingerprint density at radius 3 is 2.82 bits per heavy atom. The Labute approximate surface area is 98.3 Å². The minimum absolute atomic E-state index is 0.416. The fourth-order valence-electron chi connectivity index (χ4n) is 1.94. The van der Waals surface area contributed by atoms with Gasteiger partial charge in [-0.2, -0.15) is 0 Å². The summed E-state index contributed by atoms with van der Waals surface area (Å²) in [5.74, 6) is -1.54. The topological polar surface area (TPSA) is 75.6 Å². The van der Waals surface area contributed by atoms with Gasteiger partial charge in [0.05, 0.1) is 0 Å². The average molecular weight is 235 g/mol. The number of fused-ring (bicyclic) bond motifs is 1. The highest BCUT2D eigenvalue weighted by Gasteiger charge is 2.14. The molecule has 1 aromatic rings. The number of carboxylic acid groups (broad SMARTS) is 1. The number of amides is 1. The van der Waals surface area contributed by atoms with Gasteiger partial charge in [0.1, 0.15) is 0 Å². The molecular formula is C12H13NO4. The maximum atomic E-state index is 11.6. The molecule has 5 nitrogen and oxygen atoms in total. The second kappa shape index (κ2) is 4.97. The second-order valence-electron chi connectivity index (χ2n) is 3.95. The van der Waals surface area contributed by atoms with E-state index in [4.69, 9.17) is 5.11 Å². The van der Waals surface area contributed by atoms with E-state index >= 15 is 0 Å². The minimum Gasteiger partial charge on any atom is -0.479 e. The van der Waals surface area contributed by atoms with Gasteiger partial charge in [0.25, 0.3) is 5.91 Å². The SMILES string of the molecule is O=C(O)CONC(=O)c1ccc2c(c1)CCC2. The molecule has 0 fully saturated rings. The van der Waals surface area contributed by atoms with Gasteiger partial charge < -0.3 is 5.11 Å². The van der Waals surface area contributed by atoms with Gasteiger partial charge in [0, 0.05) is 5.56 Å². The third-order valence-corrected chi connectivity index (χ3v) is 2.72. The number of carbonyl (C=O) groups is 2. The summed E-state index contributed by atoms with van der Waals surface area (Å²) in [4.78, 5) is 26.3. The zero-order valence-electron chi connectivity index (χ0n) is 9.23. The van der Waals surface area contributed by atoms with Crippen molar-refractivity contribution >= 4 is 11.9 Å². The van der Waals surface area contributed by atoms with E-state index in [1.807, 2.05) is 12.1 Å². The Balaban J connectivity index is 1.97. The first-order chi connectivity index (χ1) is 8.16. The van der Waals surface area contributed by atoms with E-state index in [2.05, 4.69) is 10.3 Å². The Hall–Kier alpha value is -1.88. The Morgan fingerprint density at radius 2 is 2.06 bits per heavy atom. The van der Waals surface area contributed by atoms with Gasteiger partial charge in [-0.1, -0.05) is 6.07 Å². The zero-order valence-corrected chi connectivity index (χ0v) is 9.23. The largest absolute Gasteiger partial charge is 0.479 e. The maximum Gasteiger partial charge on any atom is 0.332 e. The van der Waals surface area contributed by atoms with Crippen LogP contribution in [-0.2, 0) is 22.5 Å². The van der Waals surface area contributed by atoms with Crippen molar-refractivity contribution < 1.29 is 19.5 Å². The van der Waals surface area contributed by atoms with E-state index in [0.717, 1.165) is 19.3 Å². The van der Waals surface area contributed by atoms with Crippen LogP contribution in [0.1, 0.15) is 27.9 Å². The smallest absolute Gasteiger partial charge is 0.332 e. The predicted molar refractivity (Wildman–Crippen MR) is 59.5 cm³/mol. The highest BCUT2D eigenvalue weighted by molar-refractivity contribution is 5.93. The summed E-state index contributed by atoms with van der Waals surface area (Å²) >= 11 is 0. The van der Waals surface area contributed by atoms with E-state index < -0.39 is 18.5 Å². The highest BCUT2D eigenvalue weighted by Crippen LogP contribution is 2.22. The molecule has 1 aliphatic carbocycles. The third-order valence-electron chi connectivity index (χ3n) is 2.72. The molecule has 90 valence electrons. The second-order valence-corrected chi connectivity index (χ2v) is 3.95. The van der Waals surface area contributed by atoms with Gasteiger partial charge in [-0.3, -0.25) is 9.63 Å². The number of aliphatic carboxylic acids is 1. The van der Waals surface area contributed by atoms with Crippen LogP contribution in [0.2, 0.25) is 0 Å². The average Bonchev–Trinajstić information content (AvgIpc) is 2.75. The van der Waals surface area contributed by atoms with Crippen LogP contribution >= 0.6 is 0 Å². The molecule has 0 aliphatic heterocycles. The molecular weight excluding hydrogens is 222 g/mol. The van der Waals surface area contributed by atoms with Gasteiger partial charge in [-0.25, -0.2) is 10.3 Å². The molecule has 0 saturated heterocycles. The van der Waals surface area contributed by atoms with Crippen LogP contribution in [0.3, 0.4) is 0 Å². The summed E-state index contributed by atoms with van der Waals surface area (Å²) in [7, 11) is 0. The van der Waals surface area contributed by atoms with Crippen LogP contribution in [0.5, 0.6) is 0 Å². The lowest BCUT2D eigenvalue weighted by Gasteiger charge is -2.05. The van der Waals surface area contributed by atoms with Crippen LogP contribution in [0.15, 0.2) is 18.2 Å². The normalized spacial score (nSPS) is 13.2. The molecule has 17 heavy (non-hydrogen) atoms. The molecule has 0 heterocycles. The lowest BCUT2D eigenvalue weighted by atomic mass is 10.1. The van der Waals surface area contributed by atoms with Crippen molar-refractivity contribution in [2.75, 3.05) is 6.61 Å². The van der Waals surface area contributed by atoms with Crippen molar-refractivity contribution in [1.29, 1.82) is 0 Å². The Bertz CT molecular complexity index is 456. The van der Waals surface area contributed by atoms with E-state index in [-0.39, 0.29) is 0 Å². The summed E-state index contributed by atoms with van der Waals surface area (Å²) in [6, 6.07) is 5.50. The standard InChI is InChI=1S/C12H13NO4/c14-11(15)7-17-13-12(16)10-5-4-8-2-1-3-9(8)6-10/h4-6H,1-3,7H2,(H,13,16)(H,14,15). The fourth-order valence-corrected chi connectivity index (χ4v) is 1.94. The molecule has 0 spiro atoms. The van der Waals surface area contributed by atoms with Crippen LogP contribution in [0, 0.1) is 0 Å².